The van der Waals surface area contributed by atoms with Crippen LogP contribution in [-0.2, 0) is 6.54 Å². The molecule has 164 valence electrons. The molecule has 5 aromatic rings. The Balaban J connectivity index is 1.33. The molecule has 0 aliphatic heterocycles. The maximum absolute atomic E-state index is 13.1. The molecule has 3 aromatic heterocycles. The highest BCUT2D eigenvalue weighted by molar-refractivity contribution is 6.33. The van der Waals surface area contributed by atoms with Crippen molar-refractivity contribution in [3.05, 3.63) is 101 Å². The molecule has 0 saturated carbocycles. The fourth-order valence-electron chi connectivity index (χ4n) is 3.57. The van der Waals surface area contributed by atoms with E-state index in [2.05, 4.69) is 20.4 Å². The molecule has 1 N–H and O–H groups in total. The van der Waals surface area contributed by atoms with Gasteiger partial charge in [0.1, 0.15) is 11.0 Å². The highest BCUT2D eigenvalue weighted by Crippen LogP contribution is 2.24. The van der Waals surface area contributed by atoms with Crippen LogP contribution in [0.1, 0.15) is 21.6 Å². The molecule has 3 heterocycles. The van der Waals surface area contributed by atoms with Crippen LogP contribution in [0.2, 0.25) is 5.15 Å². The average Bonchev–Trinajstić information content (AvgIpc) is 3.36. The second-order valence-corrected chi connectivity index (χ2v) is 7.88. The van der Waals surface area contributed by atoms with Crippen LogP contribution in [-0.4, -0.2) is 30.1 Å². The Kier molecular flexibility index (Phi) is 5.35. The fraction of sp³-hybridized carbons (Fsp3) is 0.0833. The number of anilines is 1. The summed E-state index contributed by atoms with van der Waals surface area (Å²) in [6.07, 6.45) is 5.48. The molecule has 0 spiro atoms. The van der Waals surface area contributed by atoms with Gasteiger partial charge in [0.25, 0.3) is 5.91 Å². The SMILES string of the molecule is Cc1nn(Cc2ccc(F)cc2)c(Cl)c1C(=O)Nc1ccc(-c2cn3cccnc3n2)cc1. The lowest BCUT2D eigenvalue weighted by Crippen LogP contribution is -2.13. The molecule has 33 heavy (non-hydrogen) atoms. The molecule has 2 aromatic carbocycles. The molecule has 0 unspecified atom stereocenters. The topological polar surface area (TPSA) is 77.1 Å². The van der Waals surface area contributed by atoms with E-state index in [1.165, 1.54) is 16.8 Å². The number of hydrogen-bond donors (Lipinski definition) is 1. The number of benzene rings is 2. The zero-order valence-corrected chi connectivity index (χ0v) is 18.3. The smallest absolute Gasteiger partial charge is 0.260 e. The van der Waals surface area contributed by atoms with E-state index in [9.17, 15) is 9.18 Å². The van der Waals surface area contributed by atoms with Crippen molar-refractivity contribution < 1.29 is 9.18 Å². The first kappa shape index (κ1) is 20.8. The van der Waals surface area contributed by atoms with E-state index in [0.29, 0.717) is 29.3 Å². The van der Waals surface area contributed by atoms with Gasteiger partial charge in [0.15, 0.2) is 0 Å². The highest BCUT2D eigenvalue weighted by Gasteiger charge is 2.20. The maximum Gasteiger partial charge on any atom is 0.260 e. The largest absolute Gasteiger partial charge is 0.322 e. The van der Waals surface area contributed by atoms with E-state index >= 15 is 0 Å². The van der Waals surface area contributed by atoms with Crippen molar-refractivity contribution in [3.63, 3.8) is 0 Å². The van der Waals surface area contributed by atoms with Crippen molar-refractivity contribution in [2.45, 2.75) is 13.5 Å². The van der Waals surface area contributed by atoms with Crippen molar-refractivity contribution in [1.29, 1.82) is 0 Å². The van der Waals surface area contributed by atoms with Gasteiger partial charge in [0.05, 0.1) is 23.5 Å². The van der Waals surface area contributed by atoms with Crippen LogP contribution < -0.4 is 5.32 Å². The van der Waals surface area contributed by atoms with Gasteiger partial charge in [-0.2, -0.15) is 5.10 Å². The van der Waals surface area contributed by atoms with E-state index in [0.717, 1.165) is 16.8 Å². The molecule has 0 fully saturated rings. The summed E-state index contributed by atoms with van der Waals surface area (Å²) in [4.78, 5) is 21.6. The van der Waals surface area contributed by atoms with Crippen LogP contribution in [0, 0.1) is 12.7 Å². The first-order valence-corrected chi connectivity index (χ1v) is 10.5. The number of halogens is 2. The second-order valence-electron chi connectivity index (χ2n) is 7.52. The highest BCUT2D eigenvalue weighted by atomic mass is 35.5. The van der Waals surface area contributed by atoms with Crippen molar-refractivity contribution in [1.82, 2.24) is 24.1 Å². The molecule has 0 aliphatic carbocycles. The van der Waals surface area contributed by atoms with E-state index in [1.807, 2.05) is 35.0 Å². The molecule has 0 bridgehead atoms. The number of imidazole rings is 1. The fourth-order valence-corrected chi connectivity index (χ4v) is 3.89. The van der Waals surface area contributed by atoms with Crippen molar-refractivity contribution >= 4 is 29.0 Å². The number of carbonyl (C=O) groups is 1. The van der Waals surface area contributed by atoms with Gasteiger partial charge in [0, 0.05) is 29.8 Å². The van der Waals surface area contributed by atoms with Gasteiger partial charge < -0.3 is 5.32 Å². The number of aromatic nitrogens is 5. The summed E-state index contributed by atoms with van der Waals surface area (Å²) < 4.78 is 16.5. The third kappa shape index (κ3) is 4.20. The first-order valence-electron chi connectivity index (χ1n) is 10.2. The minimum absolute atomic E-state index is 0.225. The van der Waals surface area contributed by atoms with Crippen molar-refractivity contribution in [2.75, 3.05) is 5.32 Å². The monoisotopic (exact) mass is 460 g/mol. The van der Waals surface area contributed by atoms with Crippen LogP contribution in [0.3, 0.4) is 0 Å². The lowest BCUT2D eigenvalue weighted by molar-refractivity contribution is 0.102. The summed E-state index contributed by atoms with van der Waals surface area (Å²) in [6.45, 7) is 2.05. The van der Waals surface area contributed by atoms with Gasteiger partial charge in [-0.05, 0) is 42.8 Å². The second kappa shape index (κ2) is 8.48. The number of hydrogen-bond acceptors (Lipinski definition) is 4. The molecule has 0 aliphatic rings. The number of nitrogens with zero attached hydrogens (tertiary/aromatic N) is 5. The molecule has 0 atom stereocenters. The van der Waals surface area contributed by atoms with Gasteiger partial charge >= 0.3 is 0 Å². The van der Waals surface area contributed by atoms with Crippen LogP contribution in [0.5, 0.6) is 0 Å². The summed E-state index contributed by atoms with van der Waals surface area (Å²) in [5.41, 5.74) is 3.94. The van der Waals surface area contributed by atoms with Gasteiger partial charge in [-0.3, -0.25) is 9.20 Å². The molecule has 9 heteroatoms. The standard InChI is InChI=1S/C24H18ClFN6O/c1-15-21(22(25)32(30-15)13-16-3-7-18(26)8-4-16)23(33)28-19-9-5-17(6-10-19)20-14-31-12-2-11-27-24(31)29-20/h2-12,14H,13H2,1H3,(H,28,33). The third-order valence-electron chi connectivity index (χ3n) is 5.21. The van der Waals surface area contributed by atoms with Gasteiger partial charge in [-0.25, -0.2) is 19.0 Å². The molecular weight excluding hydrogens is 443 g/mol. The first-order chi connectivity index (χ1) is 16.0. The molecule has 5 rings (SSSR count). The number of amides is 1. The van der Waals surface area contributed by atoms with Gasteiger partial charge in [0.2, 0.25) is 5.78 Å². The van der Waals surface area contributed by atoms with Crippen LogP contribution >= 0.6 is 11.6 Å². The number of nitrogens with one attached hydrogen (secondary N) is 1. The van der Waals surface area contributed by atoms with Crippen LogP contribution in [0.15, 0.2) is 73.2 Å². The third-order valence-corrected chi connectivity index (χ3v) is 5.60. The molecule has 1 amide bonds. The summed E-state index contributed by atoms with van der Waals surface area (Å²) in [5.74, 6) is -0.0504. The Morgan fingerprint density at radius 3 is 2.61 bits per heavy atom. The number of rotatable bonds is 5. The van der Waals surface area contributed by atoms with E-state index in [4.69, 9.17) is 11.6 Å². The van der Waals surface area contributed by atoms with E-state index in [1.54, 1.807) is 37.4 Å². The minimum atomic E-state index is -0.354. The van der Waals surface area contributed by atoms with Crippen molar-refractivity contribution in [3.8, 4) is 11.3 Å². The van der Waals surface area contributed by atoms with E-state index < -0.39 is 0 Å². The molecule has 0 saturated heterocycles. The summed E-state index contributed by atoms with van der Waals surface area (Å²) in [6, 6.07) is 15.3. The van der Waals surface area contributed by atoms with Gasteiger partial charge in [-0.15, -0.1) is 0 Å². The summed E-state index contributed by atoms with van der Waals surface area (Å²) in [5, 5.41) is 7.47. The quantitative estimate of drug-likeness (QED) is 0.400. The number of aryl methyl sites for hydroxylation is 1. The van der Waals surface area contributed by atoms with Gasteiger partial charge in [-0.1, -0.05) is 35.9 Å². The Bertz CT molecular complexity index is 1420. The van der Waals surface area contributed by atoms with Crippen LogP contribution in [0.25, 0.3) is 17.0 Å². The molecule has 7 nitrogen and oxygen atoms in total. The Labute approximate surface area is 193 Å². The average molecular weight is 461 g/mol. The van der Waals surface area contributed by atoms with E-state index in [-0.39, 0.29) is 16.9 Å². The molecule has 0 radical (unpaired) electrons. The Hall–Kier alpha value is -4.04. The Morgan fingerprint density at radius 2 is 1.88 bits per heavy atom. The summed E-state index contributed by atoms with van der Waals surface area (Å²) in [7, 11) is 0. The predicted molar refractivity (Wildman–Crippen MR) is 124 cm³/mol. The minimum Gasteiger partial charge on any atom is -0.322 e. The maximum atomic E-state index is 13.1. The Morgan fingerprint density at radius 1 is 1.12 bits per heavy atom. The lowest BCUT2D eigenvalue weighted by atomic mass is 10.1. The number of fused-ring (bicyclic) bond motifs is 1. The van der Waals surface area contributed by atoms with Crippen LogP contribution in [0.4, 0.5) is 10.1 Å². The lowest BCUT2D eigenvalue weighted by Gasteiger charge is -2.07. The summed E-state index contributed by atoms with van der Waals surface area (Å²) >= 11 is 6.46. The predicted octanol–water partition coefficient (Wildman–Crippen LogP) is 4.99. The zero-order chi connectivity index (χ0) is 22.9. The zero-order valence-electron chi connectivity index (χ0n) is 17.5. The molecular formula is C24H18ClFN6O. The van der Waals surface area contributed by atoms with Crippen molar-refractivity contribution in [2.24, 2.45) is 0 Å². The number of carbonyl (C=O) groups excluding carboxylic acids is 1. The normalized spacial score (nSPS) is 11.1.